The lowest BCUT2D eigenvalue weighted by atomic mass is 10.0. The van der Waals surface area contributed by atoms with Crippen LogP contribution in [0.1, 0.15) is 21.5 Å². The summed E-state index contributed by atoms with van der Waals surface area (Å²) in [5, 5.41) is 0.596. The molecule has 0 aliphatic heterocycles. The van der Waals surface area contributed by atoms with Gasteiger partial charge in [0.15, 0.2) is 5.78 Å². The van der Waals surface area contributed by atoms with Gasteiger partial charge >= 0.3 is 0 Å². The minimum absolute atomic E-state index is 0.0816. The molecule has 1 aliphatic carbocycles. The van der Waals surface area contributed by atoms with Gasteiger partial charge in [-0.1, -0.05) is 34.1 Å². The van der Waals surface area contributed by atoms with E-state index in [-0.39, 0.29) is 17.5 Å². The topological polar surface area (TPSA) is 68.9 Å². The van der Waals surface area contributed by atoms with Gasteiger partial charge < -0.3 is 5.73 Å². The summed E-state index contributed by atoms with van der Waals surface area (Å²) in [4.78, 5) is 21.5. The molecule has 0 bridgehead atoms. The Kier molecular flexibility index (Phi) is 3.42. The van der Waals surface area contributed by atoms with Crippen molar-refractivity contribution in [2.45, 2.75) is 5.33 Å². The molecule has 4 nitrogen and oxygen atoms in total. The van der Waals surface area contributed by atoms with E-state index in [1.54, 1.807) is 18.2 Å². The molecule has 0 amide bonds. The largest absolute Gasteiger partial charge is 0.368 e. The van der Waals surface area contributed by atoms with Crippen LogP contribution in [-0.4, -0.2) is 15.8 Å². The molecule has 4 rings (SSSR count). The molecular formula is C18H11BrFN3O. The number of carbonyl (C=O) groups is 1. The number of anilines is 1. The molecule has 6 heteroatoms. The second kappa shape index (κ2) is 5.49. The summed E-state index contributed by atoms with van der Waals surface area (Å²) in [6.45, 7) is 0. The zero-order valence-corrected chi connectivity index (χ0v) is 14.0. The fourth-order valence-corrected chi connectivity index (χ4v) is 3.47. The lowest BCUT2D eigenvalue weighted by molar-refractivity contribution is 0.104. The zero-order valence-electron chi connectivity index (χ0n) is 12.4. The molecular weight excluding hydrogens is 373 g/mol. The first-order valence-corrected chi connectivity index (χ1v) is 8.38. The summed E-state index contributed by atoms with van der Waals surface area (Å²) in [5.74, 6) is -0.408. The van der Waals surface area contributed by atoms with E-state index in [1.807, 2.05) is 12.1 Å². The van der Waals surface area contributed by atoms with Crippen LogP contribution in [0.2, 0.25) is 0 Å². The fourth-order valence-electron chi connectivity index (χ4n) is 3.01. The van der Waals surface area contributed by atoms with Crippen LogP contribution < -0.4 is 5.73 Å². The third-order valence-corrected chi connectivity index (χ3v) is 4.65. The van der Waals surface area contributed by atoms with Crippen LogP contribution in [0.5, 0.6) is 0 Å². The molecule has 24 heavy (non-hydrogen) atoms. The molecule has 0 atom stereocenters. The summed E-state index contributed by atoms with van der Waals surface area (Å²) in [6, 6.07) is 11.4. The first kappa shape index (κ1) is 15.0. The SMILES string of the molecule is Nc1nc(-c2ccc(F)cc2)c2c(n1)-c1c(CBr)cccc1C2=O. The van der Waals surface area contributed by atoms with E-state index in [4.69, 9.17) is 5.73 Å². The molecule has 2 N–H and O–H groups in total. The number of hydrogen-bond donors (Lipinski definition) is 1. The Balaban J connectivity index is 2.04. The molecule has 0 spiro atoms. The number of alkyl halides is 1. The van der Waals surface area contributed by atoms with E-state index in [2.05, 4.69) is 25.9 Å². The molecule has 0 saturated carbocycles. The molecule has 0 saturated heterocycles. The van der Waals surface area contributed by atoms with E-state index in [0.29, 0.717) is 33.4 Å². The Hall–Kier alpha value is -2.60. The van der Waals surface area contributed by atoms with Crippen LogP contribution in [0, 0.1) is 5.82 Å². The van der Waals surface area contributed by atoms with Crippen LogP contribution in [-0.2, 0) is 5.33 Å². The molecule has 1 heterocycles. The second-order valence-electron chi connectivity index (χ2n) is 5.46. The van der Waals surface area contributed by atoms with Gasteiger partial charge in [0, 0.05) is 22.0 Å². The maximum atomic E-state index is 13.2. The van der Waals surface area contributed by atoms with Crippen LogP contribution in [0.15, 0.2) is 42.5 Å². The molecule has 2 aromatic carbocycles. The van der Waals surface area contributed by atoms with Crippen molar-refractivity contribution in [3.63, 3.8) is 0 Å². The van der Waals surface area contributed by atoms with Crippen LogP contribution in [0.3, 0.4) is 0 Å². The molecule has 0 unspecified atom stereocenters. The van der Waals surface area contributed by atoms with Crippen LogP contribution in [0.25, 0.3) is 22.5 Å². The molecule has 1 aliphatic rings. The van der Waals surface area contributed by atoms with E-state index < -0.39 is 0 Å². The van der Waals surface area contributed by atoms with E-state index in [1.165, 1.54) is 12.1 Å². The first-order valence-electron chi connectivity index (χ1n) is 7.26. The number of nitrogens with two attached hydrogens (primary N) is 1. The van der Waals surface area contributed by atoms with Gasteiger partial charge in [-0.2, -0.15) is 0 Å². The number of aromatic nitrogens is 2. The molecule has 0 fully saturated rings. The Morgan fingerprint density at radius 3 is 2.42 bits per heavy atom. The molecule has 118 valence electrons. The Bertz CT molecular complexity index is 986. The standard InChI is InChI=1S/C18H11BrFN3O/c19-8-10-2-1-3-12-13(10)16-14(17(12)24)15(22-18(21)23-16)9-4-6-11(20)7-5-9/h1-7H,8H2,(H2,21,22,23). The van der Waals surface area contributed by atoms with Crippen molar-refractivity contribution in [2.24, 2.45) is 0 Å². The van der Waals surface area contributed by atoms with Crippen molar-refractivity contribution in [1.82, 2.24) is 9.97 Å². The maximum absolute atomic E-state index is 13.2. The van der Waals surface area contributed by atoms with Gasteiger partial charge in [0.05, 0.1) is 17.0 Å². The number of ketones is 1. The number of rotatable bonds is 2. The smallest absolute Gasteiger partial charge is 0.221 e. The summed E-state index contributed by atoms with van der Waals surface area (Å²) in [6.07, 6.45) is 0. The lowest BCUT2D eigenvalue weighted by Crippen LogP contribution is -2.05. The molecule has 0 radical (unpaired) electrons. The van der Waals surface area contributed by atoms with Gasteiger partial charge in [-0.25, -0.2) is 14.4 Å². The molecule has 1 aromatic heterocycles. The predicted molar refractivity (Wildman–Crippen MR) is 93.3 cm³/mol. The third kappa shape index (κ3) is 2.14. The summed E-state index contributed by atoms with van der Waals surface area (Å²) in [5.41, 5.74) is 10.2. The fraction of sp³-hybridized carbons (Fsp3) is 0.0556. The summed E-state index contributed by atoms with van der Waals surface area (Å²) >= 11 is 3.45. The Morgan fingerprint density at radius 2 is 1.71 bits per heavy atom. The minimum atomic E-state index is -0.353. The second-order valence-corrected chi connectivity index (χ2v) is 6.02. The van der Waals surface area contributed by atoms with Crippen molar-refractivity contribution < 1.29 is 9.18 Å². The van der Waals surface area contributed by atoms with Gasteiger partial charge in [-0.15, -0.1) is 0 Å². The van der Waals surface area contributed by atoms with Gasteiger partial charge in [-0.05, 0) is 29.8 Å². The van der Waals surface area contributed by atoms with Crippen molar-refractivity contribution in [3.8, 4) is 22.5 Å². The van der Waals surface area contributed by atoms with Gasteiger partial charge in [0.25, 0.3) is 0 Å². The zero-order chi connectivity index (χ0) is 16.8. The van der Waals surface area contributed by atoms with Crippen molar-refractivity contribution >= 4 is 27.7 Å². The lowest BCUT2D eigenvalue weighted by Gasteiger charge is -2.09. The third-order valence-electron chi connectivity index (χ3n) is 4.05. The highest BCUT2D eigenvalue weighted by molar-refractivity contribution is 9.08. The normalized spacial score (nSPS) is 12.2. The first-order chi connectivity index (χ1) is 11.6. The van der Waals surface area contributed by atoms with E-state index in [9.17, 15) is 9.18 Å². The van der Waals surface area contributed by atoms with E-state index >= 15 is 0 Å². The highest BCUT2D eigenvalue weighted by atomic mass is 79.9. The van der Waals surface area contributed by atoms with Crippen LogP contribution >= 0.6 is 15.9 Å². The van der Waals surface area contributed by atoms with Gasteiger partial charge in [-0.3, -0.25) is 4.79 Å². The summed E-state index contributed by atoms with van der Waals surface area (Å²) in [7, 11) is 0. The highest BCUT2D eigenvalue weighted by Gasteiger charge is 2.33. The number of fused-ring (bicyclic) bond motifs is 3. The Morgan fingerprint density at radius 1 is 1.00 bits per heavy atom. The molecule has 3 aromatic rings. The average molecular weight is 384 g/mol. The van der Waals surface area contributed by atoms with Crippen molar-refractivity contribution in [1.29, 1.82) is 0 Å². The number of halogens is 2. The summed E-state index contributed by atoms with van der Waals surface area (Å²) < 4.78 is 13.2. The number of benzene rings is 2. The van der Waals surface area contributed by atoms with Gasteiger partial charge in [0.2, 0.25) is 5.95 Å². The predicted octanol–water partition coefficient (Wildman–Crippen LogP) is 3.97. The number of hydrogen-bond acceptors (Lipinski definition) is 4. The Labute approximate surface area is 145 Å². The van der Waals surface area contributed by atoms with Crippen molar-refractivity contribution in [3.05, 3.63) is 65.0 Å². The minimum Gasteiger partial charge on any atom is -0.368 e. The number of carbonyl (C=O) groups excluding carboxylic acids is 1. The van der Waals surface area contributed by atoms with Gasteiger partial charge in [0.1, 0.15) is 5.82 Å². The van der Waals surface area contributed by atoms with Crippen LogP contribution in [0.4, 0.5) is 10.3 Å². The van der Waals surface area contributed by atoms with Crippen molar-refractivity contribution in [2.75, 3.05) is 5.73 Å². The highest BCUT2D eigenvalue weighted by Crippen LogP contribution is 2.42. The number of nitrogens with zero attached hydrogens (tertiary/aromatic N) is 2. The quantitative estimate of drug-likeness (QED) is 0.531. The van der Waals surface area contributed by atoms with E-state index in [0.717, 1.165) is 11.1 Å². The number of nitrogen functional groups attached to an aromatic ring is 1. The average Bonchev–Trinajstić information content (AvgIpc) is 2.88. The maximum Gasteiger partial charge on any atom is 0.221 e. The monoisotopic (exact) mass is 383 g/mol.